The van der Waals surface area contributed by atoms with Gasteiger partial charge in [0.2, 0.25) is 0 Å². The molecule has 0 heterocycles. The Hall–Kier alpha value is -1.29. The van der Waals surface area contributed by atoms with Gasteiger partial charge in [0.25, 0.3) is 0 Å². The Kier molecular flexibility index (Phi) is 5.64. The maximum absolute atomic E-state index is 8.69. The van der Waals surface area contributed by atoms with Crippen LogP contribution in [0.25, 0.3) is 0 Å². The Morgan fingerprint density at radius 2 is 1.56 bits per heavy atom. The van der Waals surface area contributed by atoms with Crippen molar-refractivity contribution < 1.29 is 0 Å². The van der Waals surface area contributed by atoms with Gasteiger partial charge in [-0.25, -0.2) is 0 Å². The highest BCUT2D eigenvalue weighted by Crippen LogP contribution is 2.32. The van der Waals surface area contributed by atoms with E-state index in [2.05, 4.69) is 18.2 Å². The maximum atomic E-state index is 8.69. The first-order chi connectivity index (χ1) is 7.90. The molecule has 0 unspecified atom stereocenters. The van der Waals surface area contributed by atoms with Gasteiger partial charge in [-0.3, -0.25) is 0 Å². The van der Waals surface area contributed by atoms with Crippen molar-refractivity contribution >= 4 is 0 Å². The van der Waals surface area contributed by atoms with Gasteiger partial charge in [0, 0.05) is 0 Å². The fourth-order valence-electron chi connectivity index (χ4n) is 2.27. The highest BCUT2D eigenvalue weighted by Gasteiger charge is 2.14. The molecule has 0 spiro atoms. The van der Waals surface area contributed by atoms with Crippen LogP contribution in [0, 0.1) is 11.3 Å². The van der Waals surface area contributed by atoms with E-state index in [-0.39, 0.29) is 0 Å². The summed E-state index contributed by atoms with van der Waals surface area (Å²) in [7, 11) is 0. The molecule has 1 saturated carbocycles. The van der Waals surface area contributed by atoms with E-state index in [1.54, 1.807) is 0 Å². The number of nitriles is 1. The van der Waals surface area contributed by atoms with Crippen molar-refractivity contribution in [2.75, 3.05) is 0 Å². The third-order valence-corrected chi connectivity index (χ3v) is 3.12. The van der Waals surface area contributed by atoms with Crippen molar-refractivity contribution in [1.29, 1.82) is 5.26 Å². The molecule has 1 heteroatoms. The Labute approximate surface area is 99.1 Å². The van der Waals surface area contributed by atoms with Gasteiger partial charge >= 0.3 is 0 Å². The summed E-state index contributed by atoms with van der Waals surface area (Å²) in [4.78, 5) is 0. The molecule has 1 aliphatic rings. The molecular weight excluding hydrogens is 194 g/mol. The molecule has 2 rings (SSSR count). The molecule has 0 atom stereocenters. The summed E-state index contributed by atoms with van der Waals surface area (Å²) in [5, 5.41) is 8.69. The molecular formula is C15H21N. The van der Waals surface area contributed by atoms with Crippen LogP contribution in [0.1, 0.15) is 63.0 Å². The molecule has 1 aliphatic carbocycles. The number of hydrogen-bond acceptors (Lipinski definition) is 1. The molecule has 16 heavy (non-hydrogen) atoms. The summed E-state index contributed by atoms with van der Waals surface area (Å²) >= 11 is 0. The molecule has 1 aromatic rings. The third-order valence-electron chi connectivity index (χ3n) is 3.12. The predicted molar refractivity (Wildman–Crippen MR) is 68.3 cm³/mol. The van der Waals surface area contributed by atoms with E-state index in [1.807, 2.05) is 26.0 Å². The maximum Gasteiger partial charge on any atom is 0.0991 e. The molecule has 86 valence electrons. The van der Waals surface area contributed by atoms with Crippen molar-refractivity contribution in [2.45, 2.75) is 51.9 Å². The van der Waals surface area contributed by atoms with Crippen LogP contribution in [0.2, 0.25) is 0 Å². The standard InChI is InChI=1S/C13H15N.C2H6/c14-10-11-6-8-13(9-7-11)12-4-2-1-3-5-12;1-2/h6-9,12H,1-5H2;1-2H3. The monoisotopic (exact) mass is 215 g/mol. The summed E-state index contributed by atoms with van der Waals surface area (Å²) in [6, 6.07) is 10.3. The quantitative estimate of drug-likeness (QED) is 0.670. The number of nitrogens with zero attached hydrogens (tertiary/aromatic N) is 1. The van der Waals surface area contributed by atoms with E-state index >= 15 is 0 Å². The molecule has 1 fully saturated rings. The third kappa shape index (κ3) is 3.38. The van der Waals surface area contributed by atoms with Gasteiger partial charge in [0.1, 0.15) is 0 Å². The summed E-state index contributed by atoms with van der Waals surface area (Å²) in [5.74, 6) is 0.747. The minimum Gasteiger partial charge on any atom is -0.192 e. The van der Waals surface area contributed by atoms with Crippen LogP contribution in [0.3, 0.4) is 0 Å². The molecule has 0 aliphatic heterocycles. The van der Waals surface area contributed by atoms with E-state index < -0.39 is 0 Å². The Balaban J connectivity index is 0.000000606. The minimum atomic E-state index is 0.747. The Bertz CT molecular complexity index is 325. The van der Waals surface area contributed by atoms with Crippen LogP contribution >= 0.6 is 0 Å². The second-order valence-corrected chi connectivity index (χ2v) is 4.07. The summed E-state index contributed by atoms with van der Waals surface area (Å²) in [6.07, 6.45) is 6.78. The average molecular weight is 215 g/mol. The van der Waals surface area contributed by atoms with E-state index in [0.717, 1.165) is 11.5 Å². The zero-order valence-electron chi connectivity index (χ0n) is 10.4. The van der Waals surface area contributed by atoms with Crippen molar-refractivity contribution in [3.8, 4) is 6.07 Å². The Morgan fingerprint density at radius 1 is 1.00 bits per heavy atom. The lowest BCUT2D eigenvalue weighted by Crippen LogP contribution is -2.04. The van der Waals surface area contributed by atoms with Crippen LogP contribution in [-0.4, -0.2) is 0 Å². The van der Waals surface area contributed by atoms with Crippen LogP contribution < -0.4 is 0 Å². The van der Waals surface area contributed by atoms with Crippen LogP contribution in [-0.2, 0) is 0 Å². The predicted octanol–water partition coefficient (Wildman–Crippen LogP) is 4.63. The molecule has 1 aromatic carbocycles. The minimum absolute atomic E-state index is 0.747. The van der Waals surface area contributed by atoms with Gasteiger partial charge in [-0.05, 0) is 36.5 Å². The van der Waals surface area contributed by atoms with Gasteiger partial charge in [0.05, 0.1) is 11.6 Å². The molecule has 0 bridgehead atoms. The van der Waals surface area contributed by atoms with Crippen LogP contribution in [0.15, 0.2) is 24.3 Å². The molecule has 1 nitrogen and oxygen atoms in total. The lowest BCUT2D eigenvalue weighted by molar-refractivity contribution is 0.443. The van der Waals surface area contributed by atoms with Gasteiger partial charge in [-0.15, -0.1) is 0 Å². The number of rotatable bonds is 1. The second-order valence-electron chi connectivity index (χ2n) is 4.07. The zero-order chi connectivity index (χ0) is 11.8. The van der Waals surface area contributed by atoms with Crippen molar-refractivity contribution in [2.24, 2.45) is 0 Å². The van der Waals surface area contributed by atoms with Crippen molar-refractivity contribution in [1.82, 2.24) is 0 Å². The topological polar surface area (TPSA) is 23.8 Å². The average Bonchev–Trinajstić information content (AvgIpc) is 2.42. The summed E-state index contributed by atoms with van der Waals surface area (Å²) < 4.78 is 0. The van der Waals surface area contributed by atoms with Crippen LogP contribution in [0.5, 0.6) is 0 Å². The molecule has 0 amide bonds. The van der Waals surface area contributed by atoms with E-state index in [0.29, 0.717) is 0 Å². The van der Waals surface area contributed by atoms with Gasteiger partial charge in [0.15, 0.2) is 0 Å². The molecule has 0 aromatic heterocycles. The second kappa shape index (κ2) is 7.06. The van der Waals surface area contributed by atoms with Crippen molar-refractivity contribution in [3.63, 3.8) is 0 Å². The number of benzene rings is 1. The molecule has 0 N–H and O–H groups in total. The summed E-state index contributed by atoms with van der Waals surface area (Å²) in [6.45, 7) is 4.00. The highest BCUT2D eigenvalue weighted by molar-refractivity contribution is 5.33. The van der Waals surface area contributed by atoms with Crippen molar-refractivity contribution in [3.05, 3.63) is 35.4 Å². The van der Waals surface area contributed by atoms with Gasteiger partial charge in [-0.1, -0.05) is 45.2 Å². The SMILES string of the molecule is CC.N#Cc1ccc(C2CCCCC2)cc1. The molecule has 0 saturated heterocycles. The van der Waals surface area contributed by atoms with Gasteiger partial charge in [-0.2, -0.15) is 5.26 Å². The smallest absolute Gasteiger partial charge is 0.0991 e. The van der Waals surface area contributed by atoms with E-state index in [1.165, 1.54) is 37.7 Å². The lowest BCUT2D eigenvalue weighted by atomic mass is 9.84. The first-order valence-corrected chi connectivity index (χ1v) is 6.40. The normalized spacial score (nSPS) is 15.8. The Morgan fingerprint density at radius 3 is 2.06 bits per heavy atom. The van der Waals surface area contributed by atoms with E-state index in [9.17, 15) is 0 Å². The fourth-order valence-corrected chi connectivity index (χ4v) is 2.27. The molecule has 0 radical (unpaired) electrons. The lowest BCUT2D eigenvalue weighted by Gasteiger charge is -2.21. The van der Waals surface area contributed by atoms with E-state index in [4.69, 9.17) is 5.26 Å². The largest absolute Gasteiger partial charge is 0.192 e. The number of hydrogen-bond donors (Lipinski definition) is 0. The first kappa shape index (κ1) is 12.8. The zero-order valence-corrected chi connectivity index (χ0v) is 10.4. The van der Waals surface area contributed by atoms with Gasteiger partial charge < -0.3 is 0 Å². The first-order valence-electron chi connectivity index (χ1n) is 6.40. The fraction of sp³-hybridized carbons (Fsp3) is 0.533. The van der Waals surface area contributed by atoms with Crippen LogP contribution in [0.4, 0.5) is 0 Å². The highest BCUT2D eigenvalue weighted by atomic mass is 14.2. The summed E-state index contributed by atoms with van der Waals surface area (Å²) in [5.41, 5.74) is 2.19.